The van der Waals surface area contributed by atoms with E-state index in [0.29, 0.717) is 0 Å². The highest BCUT2D eigenvalue weighted by Gasteiger charge is 2.19. The van der Waals surface area contributed by atoms with Crippen molar-refractivity contribution in [3.8, 4) is 6.07 Å². The Kier molecular flexibility index (Phi) is 3.17. The largest absolute Gasteiger partial charge is 0.366 e. The molecule has 0 spiro atoms. The fourth-order valence-corrected chi connectivity index (χ4v) is 1.19. The van der Waals surface area contributed by atoms with E-state index < -0.39 is 23.2 Å². The van der Waals surface area contributed by atoms with Crippen LogP contribution in [0.3, 0.4) is 0 Å². The number of hydrogen-bond acceptors (Lipinski definition) is 3. The summed E-state index contributed by atoms with van der Waals surface area (Å²) in [5.41, 5.74) is 3.57. The molecular weight excluding hydrogens is 228 g/mol. The van der Waals surface area contributed by atoms with Gasteiger partial charge in [0.1, 0.15) is 22.5 Å². The lowest BCUT2D eigenvalue weighted by Crippen LogP contribution is -2.14. The minimum Gasteiger partial charge on any atom is -0.366 e. The zero-order valence-electron chi connectivity index (χ0n) is 7.17. The smallest absolute Gasteiger partial charge is 0.280 e. The number of alkyl halides is 2. The Balaban J connectivity index is 3.47. The van der Waals surface area contributed by atoms with Crippen molar-refractivity contribution < 1.29 is 13.6 Å². The second-order valence-corrected chi connectivity index (χ2v) is 2.90. The Labute approximate surface area is 88.3 Å². The molecule has 0 aliphatic carbocycles. The van der Waals surface area contributed by atoms with Crippen LogP contribution in [0.2, 0.25) is 5.15 Å². The number of carbonyl (C=O) groups is 1. The van der Waals surface area contributed by atoms with Crippen molar-refractivity contribution in [3.05, 3.63) is 28.0 Å². The molecular formula is C8H4ClF2N3O. The van der Waals surface area contributed by atoms with Crippen LogP contribution in [0, 0.1) is 11.3 Å². The highest BCUT2D eigenvalue weighted by molar-refractivity contribution is 6.31. The number of amides is 1. The molecule has 2 N–H and O–H groups in total. The van der Waals surface area contributed by atoms with Crippen LogP contribution in [0.4, 0.5) is 8.78 Å². The van der Waals surface area contributed by atoms with E-state index in [2.05, 4.69) is 4.98 Å². The summed E-state index contributed by atoms with van der Waals surface area (Å²) in [6, 6.07) is 2.33. The first kappa shape index (κ1) is 11.3. The van der Waals surface area contributed by atoms with Crippen LogP contribution < -0.4 is 5.73 Å². The fraction of sp³-hybridized carbons (Fsp3) is 0.125. The van der Waals surface area contributed by atoms with Gasteiger partial charge in [0.05, 0.1) is 5.56 Å². The molecule has 1 aromatic rings. The van der Waals surface area contributed by atoms with Gasteiger partial charge in [0.25, 0.3) is 6.43 Å². The monoisotopic (exact) mass is 231 g/mol. The van der Waals surface area contributed by atoms with Crippen molar-refractivity contribution in [2.75, 3.05) is 0 Å². The first-order valence-electron chi connectivity index (χ1n) is 3.66. The highest BCUT2D eigenvalue weighted by Crippen LogP contribution is 2.24. The lowest BCUT2D eigenvalue weighted by molar-refractivity contribution is 0.0999. The Morgan fingerprint density at radius 3 is 2.67 bits per heavy atom. The Morgan fingerprint density at radius 2 is 2.27 bits per heavy atom. The van der Waals surface area contributed by atoms with Crippen LogP contribution in [0.5, 0.6) is 0 Å². The van der Waals surface area contributed by atoms with Crippen LogP contribution in [-0.2, 0) is 0 Å². The van der Waals surface area contributed by atoms with E-state index in [9.17, 15) is 13.6 Å². The standard InChI is InChI=1S/C8H4ClF2N3O/c9-6-4(2-12)3(8(13)15)1-5(14-6)7(10)11/h1,7H,(H2,13,15). The predicted molar refractivity (Wildman–Crippen MR) is 47.4 cm³/mol. The van der Waals surface area contributed by atoms with E-state index in [1.165, 1.54) is 0 Å². The summed E-state index contributed by atoms with van der Waals surface area (Å²) < 4.78 is 24.5. The second kappa shape index (κ2) is 4.19. The number of primary amides is 1. The Hall–Kier alpha value is -1.74. The molecule has 0 saturated carbocycles. The van der Waals surface area contributed by atoms with Crippen molar-refractivity contribution in [3.63, 3.8) is 0 Å². The van der Waals surface area contributed by atoms with Gasteiger partial charge in [-0.2, -0.15) is 5.26 Å². The van der Waals surface area contributed by atoms with E-state index in [-0.39, 0.29) is 11.1 Å². The van der Waals surface area contributed by atoms with Gasteiger partial charge in [-0.05, 0) is 6.07 Å². The average Bonchev–Trinajstić information content (AvgIpc) is 2.16. The number of nitrogens with two attached hydrogens (primary N) is 1. The third kappa shape index (κ3) is 2.19. The molecule has 1 heterocycles. The van der Waals surface area contributed by atoms with E-state index in [4.69, 9.17) is 22.6 Å². The van der Waals surface area contributed by atoms with E-state index in [1.54, 1.807) is 6.07 Å². The summed E-state index contributed by atoms with van der Waals surface area (Å²) in [6.45, 7) is 0. The van der Waals surface area contributed by atoms with Crippen LogP contribution in [-0.4, -0.2) is 10.9 Å². The molecule has 0 fully saturated rings. The summed E-state index contributed by atoms with van der Waals surface area (Å²) >= 11 is 5.45. The third-order valence-corrected chi connectivity index (χ3v) is 1.87. The molecule has 0 saturated heterocycles. The molecule has 0 atom stereocenters. The molecule has 4 nitrogen and oxygen atoms in total. The lowest BCUT2D eigenvalue weighted by Gasteiger charge is -2.04. The normalized spacial score (nSPS) is 10.1. The maximum Gasteiger partial charge on any atom is 0.280 e. The number of carbonyl (C=O) groups excluding carboxylic acids is 1. The quantitative estimate of drug-likeness (QED) is 0.786. The number of rotatable bonds is 2. The molecule has 1 amide bonds. The van der Waals surface area contributed by atoms with Gasteiger partial charge in [-0.1, -0.05) is 11.6 Å². The Bertz CT molecular complexity index is 456. The summed E-state index contributed by atoms with van der Waals surface area (Å²) in [4.78, 5) is 14.1. The van der Waals surface area contributed by atoms with Gasteiger partial charge in [-0.3, -0.25) is 4.79 Å². The van der Waals surface area contributed by atoms with Gasteiger partial charge in [0, 0.05) is 0 Å². The van der Waals surface area contributed by atoms with Crippen molar-refractivity contribution in [2.24, 2.45) is 5.73 Å². The van der Waals surface area contributed by atoms with Gasteiger partial charge in [0.2, 0.25) is 5.91 Å². The molecule has 1 rings (SSSR count). The lowest BCUT2D eigenvalue weighted by atomic mass is 10.1. The molecule has 0 bridgehead atoms. The minimum atomic E-state index is -2.88. The Morgan fingerprint density at radius 1 is 1.67 bits per heavy atom. The second-order valence-electron chi connectivity index (χ2n) is 2.54. The SMILES string of the molecule is N#Cc1c(C(N)=O)cc(C(F)F)nc1Cl. The van der Waals surface area contributed by atoms with Crippen LogP contribution >= 0.6 is 11.6 Å². The van der Waals surface area contributed by atoms with Crippen LogP contribution in [0.25, 0.3) is 0 Å². The van der Waals surface area contributed by atoms with Crippen molar-refractivity contribution >= 4 is 17.5 Å². The number of aromatic nitrogens is 1. The van der Waals surface area contributed by atoms with Crippen molar-refractivity contribution in [1.29, 1.82) is 5.26 Å². The van der Waals surface area contributed by atoms with Gasteiger partial charge in [-0.25, -0.2) is 13.8 Å². The predicted octanol–water partition coefficient (Wildman–Crippen LogP) is 1.64. The summed E-state index contributed by atoms with van der Waals surface area (Å²) in [7, 11) is 0. The molecule has 0 aromatic carbocycles. The van der Waals surface area contributed by atoms with Crippen LogP contribution in [0.15, 0.2) is 6.07 Å². The minimum absolute atomic E-state index is 0.298. The molecule has 15 heavy (non-hydrogen) atoms. The van der Waals surface area contributed by atoms with Crippen LogP contribution in [0.1, 0.15) is 28.0 Å². The number of pyridine rings is 1. The molecule has 0 radical (unpaired) electrons. The topological polar surface area (TPSA) is 79.8 Å². The summed E-state index contributed by atoms with van der Waals surface area (Å²) in [5, 5.41) is 8.15. The molecule has 0 aliphatic heterocycles. The van der Waals surface area contributed by atoms with Crippen molar-refractivity contribution in [1.82, 2.24) is 4.98 Å². The molecule has 0 aliphatic rings. The first-order chi connectivity index (χ1) is 6.97. The van der Waals surface area contributed by atoms with E-state index in [0.717, 1.165) is 6.07 Å². The van der Waals surface area contributed by atoms with E-state index in [1.807, 2.05) is 0 Å². The first-order valence-corrected chi connectivity index (χ1v) is 4.03. The number of nitrogens with zero attached hydrogens (tertiary/aromatic N) is 2. The van der Waals surface area contributed by atoms with Gasteiger partial charge < -0.3 is 5.73 Å². The maximum absolute atomic E-state index is 12.3. The zero-order chi connectivity index (χ0) is 11.6. The zero-order valence-corrected chi connectivity index (χ0v) is 7.92. The van der Waals surface area contributed by atoms with E-state index >= 15 is 0 Å². The van der Waals surface area contributed by atoms with Gasteiger partial charge in [-0.15, -0.1) is 0 Å². The summed E-state index contributed by atoms with van der Waals surface area (Å²) in [6.07, 6.45) is -2.88. The maximum atomic E-state index is 12.3. The fourth-order valence-electron chi connectivity index (χ4n) is 0.945. The van der Waals surface area contributed by atoms with Gasteiger partial charge >= 0.3 is 0 Å². The van der Waals surface area contributed by atoms with Crippen molar-refractivity contribution in [2.45, 2.75) is 6.43 Å². The van der Waals surface area contributed by atoms with Gasteiger partial charge in [0.15, 0.2) is 0 Å². The highest BCUT2D eigenvalue weighted by atomic mass is 35.5. The number of hydrogen-bond donors (Lipinski definition) is 1. The summed E-state index contributed by atoms with van der Waals surface area (Å²) in [5.74, 6) is -1.00. The molecule has 78 valence electrons. The molecule has 7 heteroatoms. The third-order valence-electron chi connectivity index (χ3n) is 1.60. The number of nitriles is 1. The average molecular weight is 232 g/mol. The molecule has 0 unspecified atom stereocenters. The number of halogens is 3. The molecule has 1 aromatic heterocycles.